The molecule has 0 bridgehead atoms. The lowest BCUT2D eigenvalue weighted by molar-refractivity contribution is -0.717. The summed E-state index contributed by atoms with van der Waals surface area (Å²) in [6, 6.07) is 15.4. The molecule has 2 aromatic rings. The van der Waals surface area contributed by atoms with Gasteiger partial charge in [-0.15, -0.1) is 0 Å². The van der Waals surface area contributed by atoms with E-state index in [2.05, 4.69) is 91.3 Å². The number of hydrogen-bond acceptors (Lipinski definition) is 3. The summed E-state index contributed by atoms with van der Waals surface area (Å²) in [7, 11) is 2.09. The Labute approximate surface area is 197 Å². The lowest BCUT2D eigenvalue weighted by Crippen LogP contribution is -2.48. The molecule has 0 aliphatic carbocycles. The Balaban J connectivity index is 1.92. The van der Waals surface area contributed by atoms with E-state index in [0.29, 0.717) is 5.76 Å². The van der Waals surface area contributed by atoms with Gasteiger partial charge in [0.1, 0.15) is 5.76 Å². The van der Waals surface area contributed by atoms with Gasteiger partial charge >= 0.3 is 0 Å². The highest BCUT2D eigenvalue weighted by Crippen LogP contribution is 2.47. The molecule has 0 saturated heterocycles. The summed E-state index contributed by atoms with van der Waals surface area (Å²) in [4.78, 5) is 2.20. The molecule has 1 N–H and O–H groups in total. The number of likely N-dealkylation sites (N-methyl/N-ethyl adjacent to an activating group) is 1. The highest BCUT2D eigenvalue weighted by Gasteiger charge is 2.43. The van der Waals surface area contributed by atoms with Crippen LogP contribution in [0.25, 0.3) is 11.3 Å². The third-order valence-electron chi connectivity index (χ3n) is 6.96. The van der Waals surface area contributed by atoms with Crippen LogP contribution in [-0.4, -0.2) is 17.8 Å². The number of rotatable bonds is 3. The molecule has 33 heavy (non-hydrogen) atoms. The molecule has 0 spiro atoms. The number of nitrogens with one attached hydrogen (secondary N) is 1. The molecular weight excluding hydrogens is 406 g/mol. The summed E-state index contributed by atoms with van der Waals surface area (Å²) < 4.78 is 8.17. The van der Waals surface area contributed by atoms with Crippen LogP contribution in [0.2, 0.25) is 0 Å². The summed E-state index contributed by atoms with van der Waals surface area (Å²) in [5.41, 5.74) is 8.23. The number of hydrogen-bond donors (Lipinski definition) is 1. The second kappa shape index (κ2) is 9.22. The third kappa shape index (κ3) is 3.95. The van der Waals surface area contributed by atoms with Gasteiger partial charge < -0.3 is 9.64 Å². The molecule has 0 amide bonds. The van der Waals surface area contributed by atoms with E-state index in [4.69, 9.17) is 10.1 Å². The van der Waals surface area contributed by atoms with Gasteiger partial charge in [0.2, 0.25) is 5.69 Å². The van der Waals surface area contributed by atoms with Gasteiger partial charge in [0, 0.05) is 49.5 Å². The first-order valence-corrected chi connectivity index (χ1v) is 11.7. The molecular formula is C29H34N3O+. The normalized spacial score (nSPS) is 23.6. The molecule has 1 aromatic carbocycles. The quantitative estimate of drug-likeness (QED) is 0.251. The van der Waals surface area contributed by atoms with Crippen molar-refractivity contribution in [1.82, 2.24) is 4.90 Å². The number of nitrogens with zero attached hydrogens (tertiary/aromatic N) is 2. The first kappa shape index (κ1) is 22.8. The topological polar surface area (TPSA) is 40.2 Å². The van der Waals surface area contributed by atoms with Crippen LogP contribution >= 0.6 is 0 Å². The van der Waals surface area contributed by atoms with E-state index >= 15 is 0 Å². The maximum absolute atomic E-state index is 7.85. The fourth-order valence-electron chi connectivity index (χ4n) is 5.48. The summed E-state index contributed by atoms with van der Waals surface area (Å²) >= 11 is 0. The Morgan fingerprint density at radius 2 is 1.97 bits per heavy atom. The highest BCUT2D eigenvalue weighted by atomic mass is 16.5. The van der Waals surface area contributed by atoms with Crippen LogP contribution in [0.5, 0.6) is 0 Å². The zero-order valence-electron chi connectivity index (χ0n) is 20.2. The predicted molar refractivity (Wildman–Crippen MR) is 135 cm³/mol. The lowest BCUT2D eigenvalue weighted by Gasteiger charge is -2.36. The maximum Gasteiger partial charge on any atom is 0.213 e. The van der Waals surface area contributed by atoms with E-state index in [9.17, 15) is 0 Å². The Kier molecular flexibility index (Phi) is 6.37. The number of ether oxygens (including phenoxy) is 1. The van der Waals surface area contributed by atoms with Gasteiger partial charge in [-0.2, -0.15) is 4.57 Å². The molecule has 2 atom stereocenters. The van der Waals surface area contributed by atoms with Crippen molar-refractivity contribution in [2.24, 2.45) is 0 Å². The van der Waals surface area contributed by atoms with Gasteiger partial charge in [-0.1, -0.05) is 49.9 Å². The monoisotopic (exact) mass is 440 g/mol. The van der Waals surface area contributed by atoms with Gasteiger partial charge in [0.05, 0.1) is 11.5 Å². The molecule has 0 fully saturated rings. The number of fused-ring (bicyclic) bond motifs is 6. The van der Waals surface area contributed by atoms with Gasteiger partial charge in [0.25, 0.3) is 0 Å². The van der Waals surface area contributed by atoms with Crippen molar-refractivity contribution < 1.29 is 9.30 Å². The van der Waals surface area contributed by atoms with Crippen molar-refractivity contribution in [1.29, 1.82) is 5.41 Å². The predicted octanol–water partition coefficient (Wildman–Crippen LogP) is 6.66. The van der Waals surface area contributed by atoms with Crippen molar-refractivity contribution in [3.63, 3.8) is 0 Å². The zero-order valence-corrected chi connectivity index (χ0v) is 20.2. The van der Waals surface area contributed by atoms with Gasteiger partial charge in [-0.05, 0) is 37.5 Å². The van der Waals surface area contributed by atoms with Crippen LogP contribution in [0.3, 0.4) is 0 Å². The minimum atomic E-state index is 0.145. The van der Waals surface area contributed by atoms with Crippen LogP contribution in [0.4, 0.5) is 0 Å². The second-order valence-electron chi connectivity index (χ2n) is 8.80. The number of allylic oxidation sites excluding steroid dienone is 3. The van der Waals surface area contributed by atoms with Crippen molar-refractivity contribution >= 4 is 5.90 Å². The van der Waals surface area contributed by atoms with Gasteiger partial charge in [-0.25, -0.2) is 0 Å². The van der Waals surface area contributed by atoms with Crippen LogP contribution in [0.15, 0.2) is 96.2 Å². The second-order valence-corrected chi connectivity index (χ2v) is 8.80. The fraction of sp³-hybridized carbons (Fsp3) is 0.310. The van der Waals surface area contributed by atoms with Crippen LogP contribution in [0.1, 0.15) is 57.6 Å². The van der Waals surface area contributed by atoms with Crippen LogP contribution < -0.4 is 4.57 Å². The molecule has 0 radical (unpaired) electrons. The molecule has 0 saturated carbocycles. The number of benzene rings is 1. The molecule has 1 aromatic heterocycles. The Morgan fingerprint density at radius 1 is 1.24 bits per heavy atom. The molecule has 3 heterocycles. The third-order valence-corrected chi connectivity index (χ3v) is 6.96. The molecule has 2 unspecified atom stereocenters. The Morgan fingerprint density at radius 3 is 2.67 bits per heavy atom. The van der Waals surface area contributed by atoms with Crippen molar-refractivity contribution in [3.05, 3.63) is 102 Å². The molecule has 2 aliphatic heterocycles. The highest BCUT2D eigenvalue weighted by molar-refractivity contribution is 5.72. The fourth-order valence-corrected chi connectivity index (χ4v) is 5.48. The lowest BCUT2D eigenvalue weighted by atomic mass is 9.79. The van der Waals surface area contributed by atoms with Crippen LogP contribution in [0, 0.1) is 5.41 Å². The first-order chi connectivity index (χ1) is 15.9. The van der Waals surface area contributed by atoms with Crippen LogP contribution in [-0.2, 0) is 4.74 Å². The summed E-state index contributed by atoms with van der Waals surface area (Å²) in [6.45, 7) is 14.7. The Hall–Kier alpha value is -3.40. The van der Waals surface area contributed by atoms with Gasteiger partial charge in [-0.3, -0.25) is 5.41 Å². The van der Waals surface area contributed by atoms with Crippen molar-refractivity contribution in [2.75, 3.05) is 7.05 Å². The van der Waals surface area contributed by atoms with E-state index in [-0.39, 0.29) is 17.9 Å². The zero-order chi connectivity index (χ0) is 23.7. The Bertz CT molecular complexity index is 1190. The SMILES string of the molecule is C=C(OC(C)=N)/C1=C(\CC)CCC2C(C(=C)N(C)\C1=C/C)c1ccccc1-c1cccc[n+]12. The minimum absolute atomic E-state index is 0.145. The standard InChI is InChI=1S/C29H34N3O/c1-7-22-16-17-27-28(19(3)31(6)25(8-2)29(22)20(4)33-21(5)30)24-14-10-9-13-23(24)26-15-11-12-18-32(26)27/h8-15,18,27-28,30H,3-4,7,16-17H2,1-2,5-6H3/q+1/b25-8-,29-22-,30-21?. The van der Waals surface area contributed by atoms with Crippen molar-refractivity contribution in [2.45, 2.75) is 52.0 Å². The summed E-state index contributed by atoms with van der Waals surface area (Å²) in [5.74, 6) is 0.828. The number of aromatic nitrogens is 1. The van der Waals surface area contributed by atoms with Gasteiger partial charge in [0.15, 0.2) is 18.1 Å². The van der Waals surface area contributed by atoms with E-state index in [1.54, 1.807) is 6.92 Å². The van der Waals surface area contributed by atoms with Crippen molar-refractivity contribution in [3.8, 4) is 11.3 Å². The summed E-state index contributed by atoms with van der Waals surface area (Å²) in [6.07, 6.45) is 7.12. The van der Waals surface area contributed by atoms with E-state index in [0.717, 1.165) is 36.2 Å². The smallest absolute Gasteiger partial charge is 0.213 e. The maximum atomic E-state index is 7.85. The first-order valence-electron chi connectivity index (χ1n) is 11.7. The van der Waals surface area contributed by atoms with E-state index in [1.165, 1.54) is 22.4 Å². The largest absolute Gasteiger partial charge is 0.444 e. The average molecular weight is 441 g/mol. The minimum Gasteiger partial charge on any atom is -0.444 e. The summed E-state index contributed by atoms with van der Waals surface area (Å²) in [5, 5.41) is 7.85. The van der Waals surface area contributed by atoms with E-state index in [1.807, 2.05) is 6.92 Å². The number of pyridine rings is 1. The molecule has 4 heteroatoms. The average Bonchev–Trinajstić information content (AvgIpc) is 2.86. The molecule has 2 aliphatic rings. The molecule has 170 valence electrons. The molecule has 4 rings (SSSR count). The van der Waals surface area contributed by atoms with E-state index < -0.39 is 0 Å². The molecule has 4 nitrogen and oxygen atoms in total.